The third-order valence-electron chi connectivity index (χ3n) is 3.33. The molecular weight excluding hydrogens is 275 g/mol. The van der Waals surface area contributed by atoms with Crippen molar-refractivity contribution in [1.82, 2.24) is 9.80 Å². The van der Waals surface area contributed by atoms with E-state index in [2.05, 4.69) is 0 Å². The van der Waals surface area contributed by atoms with Crippen molar-refractivity contribution in [2.75, 3.05) is 32.7 Å². The van der Waals surface area contributed by atoms with Crippen LogP contribution in [0.4, 0.5) is 4.39 Å². The zero-order valence-electron chi connectivity index (χ0n) is 11.5. The molecule has 0 spiro atoms. The lowest BCUT2D eigenvalue weighted by atomic mass is 10.2. The van der Waals surface area contributed by atoms with Crippen LogP contribution in [0.3, 0.4) is 0 Å². The zero-order chi connectivity index (χ0) is 15.2. The van der Waals surface area contributed by atoms with Crippen LogP contribution in [-0.4, -0.2) is 59.5 Å². The molecule has 1 heterocycles. The van der Waals surface area contributed by atoms with Gasteiger partial charge in [-0.15, -0.1) is 0 Å². The van der Waals surface area contributed by atoms with Gasteiger partial charge in [0.1, 0.15) is 5.82 Å². The van der Waals surface area contributed by atoms with Gasteiger partial charge in [-0.25, -0.2) is 4.39 Å². The number of hydrogen-bond acceptors (Lipinski definition) is 3. The number of carbonyl (C=O) groups excluding carboxylic acids is 1. The SMILES string of the molecule is O=C(O)CN1CCN(C(=O)/C=C/c2ccc(F)cc2)CC1. The third kappa shape index (κ3) is 4.68. The van der Waals surface area contributed by atoms with Gasteiger partial charge in [-0.1, -0.05) is 12.1 Å². The highest BCUT2D eigenvalue weighted by Gasteiger charge is 2.20. The highest BCUT2D eigenvalue weighted by atomic mass is 19.1. The summed E-state index contributed by atoms with van der Waals surface area (Å²) >= 11 is 0. The molecule has 1 saturated heterocycles. The Hall–Kier alpha value is -2.21. The second-order valence-electron chi connectivity index (χ2n) is 4.88. The number of carboxylic acid groups (broad SMARTS) is 1. The number of carbonyl (C=O) groups is 2. The molecule has 1 amide bonds. The average molecular weight is 292 g/mol. The maximum Gasteiger partial charge on any atom is 0.317 e. The molecule has 0 unspecified atom stereocenters. The van der Waals surface area contributed by atoms with Gasteiger partial charge in [-0.05, 0) is 23.8 Å². The first-order chi connectivity index (χ1) is 10.0. The number of benzene rings is 1. The fourth-order valence-electron chi connectivity index (χ4n) is 2.16. The number of halogens is 1. The van der Waals surface area contributed by atoms with Gasteiger partial charge in [-0.2, -0.15) is 0 Å². The molecule has 1 fully saturated rings. The van der Waals surface area contributed by atoms with Gasteiger partial charge < -0.3 is 10.0 Å². The second-order valence-corrected chi connectivity index (χ2v) is 4.88. The number of carboxylic acids is 1. The van der Waals surface area contributed by atoms with E-state index in [0.717, 1.165) is 5.56 Å². The fraction of sp³-hybridized carbons (Fsp3) is 0.333. The minimum atomic E-state index is -0.856. The highest BCUT2D eigenvalue weighted by molar-refractivity contribution is 5.91. The van der Waals surface area contributed by atoms with E-state index < -0.39 is 5.97 Å². The summed E-state index contributed by atoms with van der Waals surface area (Å²) in [7, 11) is 0. The number of nitrogens with zero attached hydrogens (tertiary/aromatic N) is 2. The normalized spacial score (nSPS) is 16.3. The number of piperazine rings is 1. The van der Waals surface area contributed by atoms with E-state index >= 15 is 0 Å². The third-order valence-corrected chi connectivity index (χ3v) is 3.33. The largest absolute Gasteiger partial charge is 0.480 e. The predicted molar refractivity (Wildman–Crippen MR) is 76.1 cm³/mol. The van der Waals surface area contributed by atoms with Crippen LogP contribution in [-0.2, 0) is 9.59 Å². The van der Waals surface area contributed by atoms with Gasteiger partial charge >= 0.3 is 5.97 Å². The summed E-state index contributed by atoms with van der Waals surface area (Å²) in [6, 6.07) is 5.89. The van der Waals surface area contributed by atoms with Crippen LogP contribution in [0.1, 0.15) is 5.56 Å². The first-order valence-electron chi connectivity index (χ1n) is 6.71. The van der Waals surface area contributed by atoms with E-state index in [1.54, 1.807) is 28.0 Å². The molecule has 0 radical (unpaired) electrons. The van der Waals surface area contributed by atoms with Gasteiger partial charge in [0.15, 0.2) is 0 Å². The number of aliphatic carboxylic acids is 1. The lowest BCUT2D eigenvalue weighted by molar-refractivity contribution is -0.139. The van der Waals surface area contributed by atoms with E-state index in [0.29, 0.717) is 26.2 Å². The van der Waals surface area contributed by atoms with Crippen molar-refractivity contribution in [1.29, 1.82) is 0 Å². The predicted octanol–water partition coefficient (Wildman–Crippen LogP) is 1.07. The van der Waals surface area contributed by atoms with Gasteiger partial charge in [0.2, 0.25) is 5.91 Å². The van der Waals surface area contributed by atoms with Crippen LogP contribution in [0.25, 0.3) is 6.08 Å². The van der Waals surface area contributed by atoms with Gasteiger partial charge in [0.25, 0.3) is 0 Å². The molecule has 21 heavy (non-hydrogen) atoms. The zero-order valence-corrected chi connectivity index (χ0v) is 11.5. The number of hydrogen-bond donors (Lipinski definition) is 1. The Morgan fingerprint density at radius 2 is 1.76 bits per heavy atom. The quantitative estimate of drug-likeness (QED) is 0.843. The molecule has 0 bridgehead atoms. The minimum absolute atomic E-state index is 0.00739. The van der Waals surface area contributed by atoms with E-state index in [9.17, 15) is 14.0 Å². The summed E-state index contributed by atoms with van der Waals surface area (Å²) in [5, 5.41) is 8.71. The molecule has 0 saturated carbocycles. The first kappa shape index (κ1) is 15.2. The highest BCUT2D eigenvalue weighted by Crippen LogP contribution is 2.07. The molecule has 2 rings (SSSR count). The summed E-state index contributed by atoms with van der Waals surface area (Å²) in [4.78, 5) is 26.1. The Labute approximate surface area is 122 Å². The van der Waals surface area contributed by atoms with Crippen LogP contribution >= 0.6 is 0 Å². The topological polar surface area (TPSA) is 60.9 Å². The average Bonchev–Trinajstić information content (AvgIpc) is 2.46. The summed E-state index contributed by atoms with van der Waals surface area (Å²) in [5.74, 6) is -1.28. The molecule has 0 aliphatic carbocycles. The van der Waals surface area contributed by atoms with Crippen LogP contribution in [0.15, 0.2) is 30.3 Å². The second kappa shape index (κ2) is 6.99. The lowest BCUT2D eigenvalue weighted by Crippen LogP contribution is -2.49. The van der Waals surface area contributed by atoms with E-state index in [1.165, 1.54) is 18.2 Å². The summed E-state index contributed by atoms with van der Waals surface area (Å²) in [6.07, 6.45) is 3.10. The van der Waals surface area contributed by atoms with Crippen molar-refractivity contribution in [3.8, 4) is 0 Å². The van der Waals surface area contributed by atoms with Gasteiger partial charge in [-0.3, -0.25) is 14.5 Å². The first-order valence-corrected chi connectivity index (χ1v) is 6.71. The van der Waals surface area contributed by atoms with Crippen molar-refractivity contribution in [2.45, 2.75) is 0 Å². The molecule has 0 atom stereocenters. The maximum atomic E-state index is 12.8. The van der Waals surface area contributed by atoms with Crippen LogP contribution in [0.2, 0.25) is 0 Å². The minimum Gasteiger partial charge on any atom is -0.480 e. The smallest absolute Gasteiger partial charge is 0.317 e. The fourth-order valence-corrected chi connectivity index (χ4v) is 2.16. The number of amides is 1. The molecule has 112 valence electrons. The Morgan fingerprint density at radius 1 is 1.14 bits per heavy atom. The maximum absolute atomic E-state index is 12.8. The lowest BCUT2D eigenvalue weighted by Gasteiger charge is -2.33. The summed E-state index contributed by atoms with van der Waals surface area (Å²) in [5.41, 5.74) is 0.759. The van der Waals surface area contributed by atoms with Crippen molar-refractivity contribution in [2.24, 2.45) is 0 Å². The molecular formula is C15H17FN2O3. The molecule has 6 heteroatoms. The Morgan fingerprint density at radius 3 is 2.33 bits per heavy atom. The summed E-state index contributed by atoms with van der Waals surface area (Å²) < 4.78 is 12.8. The van der Waals surface area contributed by atoms with Crippen molar-refractivity contribution in [3.05, 3.63) is 41.7 Å². The van der Waals surface area contributed by atoms with E-state index in [-0.39, 0.29) is 18.3 Å². The standard InChI is InChI=1S/C15H17FN2O3/c16-13-4-1-12(2-5-13)3-6-14(19)18-9-7-17(8-10-18)11-15(20)21/h1-6H,7-11H2,(H,20,21)/b6-3+. The number of rotatable bonds is 4. The molecule has 1 N–H and O–H groups in total. The van der Waals surface area contributed by atoms with E-state index in [1.807, 2.05) is 0 Å². The Balaban J connectivity index is 1.84. The monoisotopic (exact) mass is 292 g/mol. The molecule has 5 nitrogen and oxygen atoms in total. The van der Waals surface area contributed by atoms with Gasteiger partial charge in [0, 0.05) is 32.3 Å². The molecule has 0 aromatic heterocycles. The van der Waals surface area contributed by atoms with Crippen molar-refractivity contribution >= 4 is 18.0 Å². The Bertz CT molecular complexity index is 534. The Kier molecular flexibility index (Phi) is 5.05. The molecule has 1 aromatic rings. The van der Waals surface area contributed by atoms with Crippen LogP contribution in [0.5, 0.6) is 0 Å². The molecule has 1 aliphatic heterocycles. The van der Waals surface area contributed by atoms with E-state index in [4.69, 9.17) is 5.11 Å². The van der Waals surface area contributed by atoms with Crippen LogP contribution < -0.4 is 0 Å². The van der Waals surface area contributed by atoms with Gasteiger partial charge in [0.05, 0.1) is 6.54 Å². The summed E-state index contributed by atoms with van der Waals surface area (Å²) in [6.45, 7) is 2.15. The van der Waals surface area contributed by atoms with Crippen LogP contribution in [0, 0.1) is 5.82 Å². The molecule has 1 aromatic carbocycles. The van der Waals surface area contributed by atoms with Crippen molar-refractivity contribution in [3.63, 3.8) is 0 Å². The molecule has 1 aliphatic rings. The van der Waals surface area contributed by atoms with Crippen molar-refractivity contribution < 1.29 is 19.1 Å².